The Hall–Kier alpha value is -2.60. The third-order valence-corrected chi connectivity index (χ3v) is 5.32. The van der Waals surface area contributed by atoms with Gasteiger partial charge < -0.3 is 19.5 Å². The Morgan fingerprint density at radius 1 is 1.21 bits per heavy atom. The molecule has 1 aliphatic heterocycles. The molecule has 0 radical (unpaired) electrons. The van der Waals surface area contributed by atoms with Crippen LogP contribution in [0.5, 0.6) is 0 Å². The highest BCUT2D eigenvalue weighted by atomic mass is 16.5. The van der Waals surface area contributed by atoms with Crippen molar-refractivity contribution in [3.63, 3.8) is 0 Å². The number of rotatable bonds is 8. The monoisotopic (exact) mass is 383 g/mol. The molecular weight excluding hydrogens is 354 g/mol. The lowest BCUT2D eigenvalue weighted by atomic mass is 10.0. The summed E-state index contributed by atoms with van der Waals surface area (Å²) in [6.45, 7) is 6.17. The normalized spacial score (nSPS) is 15.3. The van der Waals surface area contributed by atoms with Gasteiger partial charge >= 0.3 is 0 Å². The lowest BCUT2D eigenvalue weighted by molar-refractivity contribution is -0.134. The zero-order valence-electron chi connectivity index (χ0n) is 16.9. The minimum Gasteiger partial charge on any atom is -0.368 e. The lowest BCUT2D eigenvalue weighted by Crippen LogP contribution is -2.39. The fourth-order valence-electron chi connectivity index (χ4n) is 3.58. The van der Waals surface area contributed by atoms with Gasteiger partial charge in [-0.3, -0.25) is 9.59 Å². The Kier molecular flexibility index (Phi) is 6.52. The van der Waals surface area contributed by atoms with Crippen molar-refractivity contribution in [2.45, 2.75) is 39.4 Å². The van der Waals surface area contributed by atoms with Gasteiger partial charge in [0.15, 0.2) is 0 Å². The van der Waals surface area contributed by atoms with Crippen molar-refractivity contribution in [1.82, 2.24) is 14.8 Å². The average molecular weight is 383 g/mol. The largest absolute Gasteiger partial charge is 0.368 e. The Morgan fingerprint density at radius 2 is 2.00 bits per heavy atom. The van der Waals surface area contributed by atoms with Gasteiger partial charge in [0.2, 0.25) is 5.91 Å². The van der Waals surface area contributed by atoms with E-state index in [0.717, 1.165) is 23.2 Å². The Labute approximate surface area is 166 Å². The maximum Gasteiger partial charge on any atom is 0.267 e. The lowest BCUT2D eigenvalue weighted by Gasteiger charge is -2.24. The van der Waals surface area contributed by atoms with Gasteiger partial charge in [-0.1, -0.05) is 31.2 Å². The molecule has 28 heavy (non-hydrogen) atoms. The summed E-state index contributed by atoms with van der Waals surface area (Å²) in [6.07, 6.45) is 1.03. The van der Waals surface area contributed by atoms with Crippen LogP contribution < -0.4 is 5.32 Å². The smallest absolute Gasteiger partial charge is 0.267 e. The van der Waals surface area contributed by atoms with E-state index < -0.39 is 0 Å². The Balaban J connectivity index is 1.54. The van der Waals surface area contributed by atoms with Gasteiger partial charge in [-0.25, -0.2) is 0 Å². The molecule has 6 nitrogen and oxygen atoms in total. The summed E-state index contributed by atoms with van der Waals surface area (Å²) in [5, 5.41) is 2.92. The van der Waals surface area contributed by atoms with Crippen molar-refractivity contribution in [3.8, 4) is 0 Å². The first-order valence-corrected chi connectivity index (χ1v) is 9.89. The quantitative estimate of drug-likeness (QED) is 0.762. The van der Waals surface area contributed by atoms with E-state index in [9.17, 15) is 9.59 Å². The molecule has 2 aromatic rings. The summed E-state index contributed by atoms with van der Waals surface area (Å²) < 4.78 is 7.68. The number of ether oxygens (including phenoxy) is 1. The van der Waals surface area contributed by atoms with Crippen LogP contribution in [-0.2, 0) is 23.2 Å². The fourth-order valence-corrected chi connectivity index (χ4v) is 3.58. The van der Waals surface area contributed by atoms with E-state index in [0.29, 0.717) is 38.4 Å². The van der Waals surface area contributed by atoms with E-state index in [1.54, 1.807) is 0 Å². The molecule has 0 fully saturated rings. The van der Waals surface area contributed by atoms with Crippen molar-refractivity contribution >= 4 is 11.8 Å². The van der Waals surface area contributed by atoms with Crippen LogP contribution in [0.2, 0.25) is 0 Å². The van der Waals surface area contributed by atoms with Crippen molar-refractivity contribution in [2.24, 2.45) is 7.05 Å². The Morgan fingerprint density at radius 3 is 2.71 bits per heavy atom. The predicted octanol–water partition coefficient (Wildman–Crippen LogP) is 2.96. The molecule has 0 bridgehead atoms. The maximum absolute atomic E-state index is 12.8. The van der Waals surface area contributed by atoms with Crippen LogP contribution in [0.25, 0.3) is 0 Å². The summed E-state index contributed by atoms with van der Waals surface area (Å²) in [5.41, 5.74) is 3.93. The minimum atomic E-state index is -0.177. The molecule has 0 saturated heterocycles. The number of fused-ring (bicyclic) bond motifs is 1. The van der Waals surface area contributed by atoms with E-state index in [1.165, 1.54) is 0 Å². The molecule has 1 N–H and O–H groups in total. The standard InChI is InChI=1S/C22H29N3O3/c1-4-12-25(13-11-23-22(27)19-10-9-16(2)24(19)3)21(26)14-20-18-8-6-5-7-17(18)15-28-20/h5-10,20H,4,11-15H2,1-3H3,(H,23,27). The van der Waals surface area contributed by atoms with Crippen LogP contribution in [0.15, 0.2) is 36.4 Å². The molecule has 2 heterocycles. The SMILES string of the molecule is CCCN(CCNC(=O)c1ccc(C)n1C)C(=O)CC1OCc2ccccc21. The molecular formula is C22H29N3O3. The summed E-state index contributed by atoms with van der Waals surface area (Å²) in [7, 11) is 1.87. The van der Waals surface area contributed by atoms with E-state index in [1.807, 2.05) is 66.8 Å². The summed E-state index contributed by atoms with van der Waals surface area (Å²) in [5.74, 6) is -0.0555. The molecule has 3 rings (SSSR count). The van der Waals surface area contributed by atoms with Gasteiger partial charge in [0.1, 0.15) is 5.69 Å². The molecule has 1 unspecified atom stereocenters. The number of nitrogens with zero attached hydrogens (tertiary/aromatic N) is 2. The van der Waals surface area contributed by atoms with Crippen LogP contribution in [0.4, 0.5) is 0 Å². The van der Waals surface area contributed by atoms with Crippen LogP contribution >= 0.6 is 0 Å². The summed E-state index contributed by atoms with van der Waals surface area (Å²) in [6, 6.07) is 11.8. The van der Waals surface area contributed by atoms with Crippen LogP contribution in [0.3, 0.4) is 0 Å². The second-order valence-corrected chi connectivity index (χ2v) is 7.26. The number of nitrogens with one attached hydrogen (secondary N) is 1. The number of benzene rings is 1. The third-order valence-electron chi connectivity index (χ3n) is 5.32. The van der Waals surface area contributed by atoms with E-state index in [4.69, 9.17) is 4.74 Å². The van der Waals surface area contributed by atoms with Crippen LogP contribution in [0, 0.1) is 6.92 Å². The molecule has 6 heteroatoms. The molecule has 0 spiro atoms. The zero-order valence-corrected chi connectivity index (χ0v) is 16.9. The number of hydrogen-bond donors (Lipinski definition) is 1. The van der Waals surface area contributed by atoms with E-state index in [2.05, 4.69) is 5.32 Å². The first kappa shape index (κ1) is 20.1. The topological polar surface area (TPSA) is 63.6 Å². The van der Waals surface area contributed by atoms with Crippen molar-refractivity contribution in [3.05, 3.63) is 58.9 Å². The highest BCUT2D eigenvalue weighted by Gasteiger charge is 2.27. The second kappa shape index (κ2) is 9.06. The predicted molar refractivity (Wildman–Crippen MR) is 108 cm³/mol. The average Bonchev–Trinajstić information content (AvgIpc) is 3.25. The maximum atomic E-state index is 12.8. The van der Waals surface area contributed by atoms with Gasteiger partial charge in [0.25, 0.3) is 5.91 Å². The Bertz CT molecular complexity index is 843. The van der Waals surface area contributed by atoms with Crippen LogP contribution in [-0.4, -0.2) is 40.9 Å². The summed E-state index contributed by atoms with van der Waals surface area (Å²) >= 11 is 0. The highest BCUT2D eigenvalue weighted by Crippen LogP contribution is 2.33. The summed E-state index contributed by atoms with van der Waals surface area (Å²) in [4.78, 5) is 27.0. The molecule has 0 saturated carbocycles. The van der Waals surface area contributed by atoms with Crippen molar-refractivity contribution in [2.75, 3.05) is 19.6 Å². The van der Waals surface area contributed by atoms with Gasteiger partial charge in [-0.2, -0.15) is 0 Å². The number of carbonyl (C=O) groups is 2. The van der Waals surface area contributed by atoms with E-state index >= 15 is 0 Å². The molecule has 1 aromatic heterocycles. The zero-order chi connectivity index (χ0) is 20.1. The van der Waals surface area contributed by atoms with E-state index in [-0.39, 0.29) is 17.9 Å². The van der Waals surface area contributed by atoms with Crippen molar-refractivity contribution in [1.29, 1.82) is 0 Å². The molecule has 0 aliphatic carbocycles. The number of aromatic nitrogens is 1. The van der Waals surface area contributed by atoms with Gasteiger partial charge in [-0.15, -0.1) is 0 Å². The van der Waals surface area contributed by atoms with Gasteiger partial charge in [0, 0.05) is 32.4 Å². The fraction of sp³-hybridized carbons (Fsp3) is 0.455. The highest BCUT2D eigenvalue weighted by molar-refractivity contribution is 5.92. The number of carbonyl (C=O) groups excluding carboxylic acids is 2. The molecule has 1 aromatic carbocycles. The number of aryl methyl sites for hydroxylation is 1. The van der Waals surface area contributed by atoms with Crippen LogP contribution in [0.1, 0.15) is 53.2 Å². The van der Waals surface area contributed by atoms with Crippen molar-refractivity contribution < 1.29 is 14.3 Å². The first-order valence-electron chi connectivity index (χ1n) is 9.89. The van der Waals surface area contributed by atoms with Gasteiger partial charge in [-0.05, 0) is 36.6 Å². The van der Waals surface area contributed by atoms with Gasteiger partial charge in [0.05, 0.1) is 19.1 Å². The third kappa shape index (κ3) is 4.44. The molecule has 1 atom stereocenters. The molecule has 2 amide bonds. The molecule has 1 aliphatic rings. The molecule has 150 valence electrons. The first-order chi connectivity index (χ1) is 13.5. The number of amides is 2. The second-order valence-electron chi connectivity index (χ2n) is 7.26. The minimum absolute atomic E-state index is 0.0625. The number of hydrogen-bond acceptors (Lipinski definition) is 3.